The highest BCUT2D eigenvalue weighted by molar-refractivity contribution is 5.84. The Morgan fingerprint density at radius 2 is 1.32 bits per heavy atom. The van der Waals surface area contributed by atoms with E-state index >= 15 is 0 Å². The van der Waals surface area contributed by atoms with Crippen LogP contribution in [0.25, 0.3) is 0 Å². The van der Waals surface area contributed by atoms with Gasteiger partial charge in [0.25, 0.3) is 0 Å². The van der Waals surface area contributed by atoms with Gasteiger partial charge in [0, 0.05) is 26.2 Å². The molecule has 31 heavy (non-hydrogen) atoms. The van der Waals surface area contributed by atoms with Crippen molar-refractivity contribution in [3.63, 3.8) is 0 Å². The zero-order valence-electron chi connectivity index (χ0n) is 17.5. The van der Waals surface area contributed by atoms with Gasteiger partial charge in [0.05, 0.1) is 6.54 Å². The van der Waals surface area contributed by atoms with Crippen LogP contribution in [0.4, 0.5) is 4.79 Å². The van der Waals surface area contributed by atoms with Crippen LogP contribution in [0.15, 0.2) is 84.9 Å². The lowest BCUT2D eigenvalue weighted by Gasteiger charge is -2.29. The standard InChI is InChI=1S/C26H27N3O2/c30-25(17-27-26(31)28-16-15-23-13-7-8-14-24(23)20-28)29(18-21-9-3-1-4-10-21)19-22-11-5-2-6-12-22/h1-14H,15-20H2,(H,27,31). The zero-order valence-corrected chi connectivity index (χ0v) is 17.5. The third-order valence-electron chi connectivity index (χ3n) is 5.59. The number of fused-ring (bicyclic) bond motifs is 1. The summed E-state index contributed by atoms with van der Waals surface area (Å²) in [7, 11) is 0. The van der Waals surface area contributed by atoms with Crippen molar-refractivity contribution in [2.75, 3.05) is 13.1 Å². The van der Waals surface area contributed by atoms with Crippen LogP contribution >= 0.6 is 0 Å². The second-order valence-corrected chi connectivity index (χ2v) is 7.82. The average Bonchev–Trinajstić information content (AvgIpc) is 2.83. The van der Waals surface area contributed by atoms with Crippen molar-refractivity contribution in [2.45, 2.75) is 26.1 Å². The normalized spacial score (nSPS) is 12.7. The van der Waals surface area contributed by atoms with Gasteiger partial charge in [-0.1, -0.05) is 84.9 Å². The van der Waals surface area contributed by atoms with Crippen LogP contribution in [0.5, 0.6) is 0 Å². The van der Waals surface area contributed by atoms with Crippen LogP contribution < -0.4 is 5.32 Å². The Labute approximate surface area is 183 Å². The minimum atomic E-state index is -0.192. The van der Waals surface area contributed by atoms with E-state index in [0.717, 1.165) is 17.5 Å². The number of hydrogen-bond donors (Lipinski definition) is 1. The summed E-state index contributed by atoms with van der Waals surface area (Å²) in [6.45, 7) is 2.22. The summed E-state index contributed by atoms with van der Waals surface area (Å²) in [5.41, 5.74) is 4.58. The van der Waals surface area contributed by atoms with Crippen molar-refractivity contribution in [3.05, 3.63) is 107 Å². The molecule has 1 aliphatic rings. The first-order valence-corrected chi connectivity index (χ1v) is 10.6. The van der Waals surface area contributed by atoms with Crippen LogP contribution in [-0.4, -0.2) is 34.8 Å². The lowest BCUT2D eigenvalue weighted by Crippen LogP contribution is -2.46. The summed E-state index contributed by atoms with van der Waals surface area (Å²) in [6, 6.07) is 27.8. The molecule has 0 aromatic heterocycles. The van der Waals surface area contributed by atoms with E-state index in [1.807, 2.05) is 72.8 Å². The summed E-state index contributed by atoms with van der Waals surface area (Å²) in [4.78, 5) is 29.3. The molecular weight excluding hydrogens is 386 g/mol. The van der Waals surface area contributed by atoms with E-state index in [1.165, 1.54) is 11.1 Å². The number of nitrogens with one attached hydrogen (secondary N) is 1. The molecule has 0 bridgehead atoms. The molecule has 0 saturated carbocycles. The number of benzene rings is 3. The van der Waals surface area contributed by atoms with Gasteiger partial charge in [-0.3, -0.25) is 4.79 Å². The minimum absolute atomic E-state index is 0.0172. The summed E-state index contributed by atoms with van der Waals surface area (Å²) in [6.07, 6.45) is 0.839. The van der Waals surface area contributed by atoms with Gasteiger partial charge in [-0.05, 0) is 28.7 Å². The quantitative estimate of drug-likeness (QED) is 0.665. The second kappa shape index (κ2) is 9.94. The van der Waals surface area contributed by atoms with Crippen molar-refractivity contribution in [2.24, 2.45) is 0 Å². The molecule has 0 spiro atoms. The molecule has 0 unspecified atom stereocenters. The topological polar surface area (TPSA) is 52.7 Å². The smallest absolute Gasteiger partial charge is 0.318 e. The third-order valence-corrected chi connectivity index (χ3v) is 5.59. The fourth-order valence-corrected chi connectivity index (χ4v) is 3.88. The lowest BCUT2D eigenvalue weighted by atomic mass is 10.0. The molecule has 0 aliphatic carbocycles. The summed E-state index contributed by atoms with van der Waals surface area (Å²) in [5.74, 6) is -0.0986. The van der Waals surface area contributed by atoms with Crippen LogP contribution in [0.3, 0.4) is 0 Å². The van der Waals surface area contributed by atoms with Crippen LogP contribution in [0.1, 0.15) is 22.3 Å². The van der Waals surface area contributed by atoms with E-state index in [1.54, 1.807) is 9.80 Å². The van der Waals surface area contributed by atoms with Crippen molar-refractivity contribution in [1.82, 2.24) is 15.1 Å². The number of nitrogens with zero attached hydrogens (tertiary/aromatic N) is 2. The molecule has 0 saturated heterocycles. The molecule has 0 fully saturated rings. The first-order valence-electron chi connectivity index (χ1n) is 10.6. The molecular formula is C26H27N3O2. The molecule has 158 valence electrons. The average molecular weight is 414 g/mol. The first kappa shape index (κ1) is 20.7. The highest BCUT2D eigenvalue weighted by Crippen LogP contribution is 2.18. The predicted octanol–water partition coefficient (Wildman–Crippen LogP) is 3.98. The van der Waals surface area contributed by atoms with Gasteiger partial charge in [0.1, 0.15) is 0 Å². The Bertz CT molecular complexity index is 980. The van der Waals surface area contributed by atoms with E-state index in [2.05, 4.69) is 17.4 Å². The Hall–Kier alpha value is -3.60. The maximum absolute atomic E-state index is 13.0. The fraction of sp³-hybridized carbons (Fsp3) is 0.231. The Morgan fingerprint density at radius 3 is 1.94 bits per heavy atom. The van der Waals surface area contributed by atoms with Gasteiger partial charge in [-0.25, -0.2) is 4.79 Å². The molecule has 4 rings (SSSR count). The molecule has 0 atom stereocenters. The Kier molecular flexibility index (Phi) is 6.62. The monoisotopic (exact) mass is 413 g/mol. The molecule has 3 aromatic rings. The highest BCUT2D eigenvalue weighted by atomic mass is 16.2. The summed E-state index contributed by atoms with van der Waals surface area (Å²) in [5, 5.41) is 2.83. The Morgan fingerprint density at radius 1 is 0.774 bits per heavy atom. The molecule has 3 amide bonds. The van der Waals surface area contributed by atoms with Crippen LogP contribution in [0.2, 0.25) is 0 Å². The number of hydrogen-bond acceptors (Lipinski definition) is 2. The summed E-state index contributed by atoms with van der Waals surface area (Å²) < 4.78 is 0. The molecule has 5 nitrogen and oxygen atoms in total. The van der Waals surface area contributed by atoms with Crippen LogP contribution in [0, 0.1) is 0 Å². The SMILES string of the molecule is O=C(CNC(=O)N1CCc2ccccc2C1)N(Cc1ccccc1)Cc1ccccc1. The second-order valence-electron chi connectivity index (χ2n) is 7.82. The van der Waals surface area contributed by atoms with Crippen LogP contribution in [-0.2, 0) is 30.8 Å². The van der Waals surface area contributed by atoms with Gasteiger partial charge in [0.2, 0.25) is 5.91 Å². The molecule has 3 aromatic carbocycles. The van der Waals surface area contributed by atoms with Gasteiger partial charge >= 0.3 is 6.03 Å². The zero-order chi connectivity index (χ0) is 21.5. The predicted molar refractivity (Wildman–Crippen MR) is 121 cm³/mol. The van der Waals surface area contributed by atoms with Crippen molar-refractivity contribution in [3.8, 4) is 0 Å². The number of carbonyl (C=O) groups is 2. The Balaban J connectivity index is 1.38. The minimum Gasteiger partial charge on any atom is -0.333 e. The van der Waals surface area contributed by atoms with Crippen molar-refractivity contribution < 1.29 is 9.59 Å². The maximum Gasteiger partial charge on any atom is 0.318 e. The van der Waals surface area contributed by atoms with E-state index < -0.39 is 0 Å². The third kappa shape index (κ3) is 5.51. The molecule has 1 N–H and O–H groups in total. The molecule has 5 heteroatoms. The van der Waals surface area contributed by atoms with E-state index in [4.69, 9.17) is 0 Å². The van der Waals surface area contributed by atoms with E-state index in [9.17, 15) is 9.59 Å². The first-order chi connectivity index (χ1) is 15.2. The maximum atomic E-state index is 13.0. The number of carbonyl (C=O) groups excluding carboxylic acids is 2. The van der Waals surface area contributed by atoms with Gasteiger partial charge < -0.3 is 15.1 Å². The molecule has 1 aliphatic heterocycles. The fourth-order valence-electron chi connectivity index (χ4n) is 3.88. The molecule has 1 heterocycles. The van der Waals surface area contributed by atoms with E-state index in [-0.39, 0.29) is 18.5 Å². The number of amides is 3. The number of urea groups is 1. The number of rotatable bonds is 6. The largest absolute Gasteiger partial charge is 0.333 e. The van der Waals surface area contributed by atoms with Crippen molar-refractivity contribution >= 4 is 11.9 Å². The van der Waals surface area contributed by atoms with Gasteiger partial charge in [-0.15, -0.1) is 0 Å². The van der Waals surface area contributed by atoms with Gasteiger partial charge in [0.15, 0.2) is 0 Å². The van der Waals surface area contributed by atoms with Gasteiger partial charge in [-0.2, -0.15) is 0 Å². The molecule has 0 radical (unpaired) electrons. The highest BCUT2D eigenvalue weighted by Gasteiger charge is 2.22. The lowest BCUT2D eigenvalue weighted by molar-refractivity contribution is -0.131. The van der Waals surface area contributed by atoms with Crippen molar-refractivity contribution in [1.29, 1.82) is 0 Å². The summed E-state index contributed by atoms with van der Waals surface area (Å²) >= 11 is 0. The van der Waals surface area contributed by atoms with E-state index in [0.29, 0.717) is 26.2 Å².